The molecular formula is C16H31N3O. The molecule has 1 unspecified atom stereocenters. The number of hydrogen-bond donors (Lipinski definition) is 1. The first kappa shape index (κ1) is 15.8. The zero-order chi connectivity index (χ0) is 14.4. The maximum atomic E-state index is 12.4. The molecule has 1 amide bonds. The van der Waals surface area contributed by atoms with Gasteiger partial charge in [0.05, 0.1) is 0 Å². The van der Waals surface area contributed by atoms with E-state index in [4.69, 9.17) is 5.73 Å². The molecule has 0 radical (unpaired) electrons. The molecule has 0 spiro atoms. The number of nitrogens with zero attached hydrogens (tertiary/aromatic N) is 2. The third-order valence-electron chi connectivity index (χ3n) is 4.80. The van der Waals surface area contributed by atoms with Gasteiger partial charge in [-0.15, -0.1) is 0 Å². The van der Waals surface area contributed by atoms with Crippen molar-refractivity contribution in [1.82, 2.24) is 9.80 Å². The van der Waals surface area contributed by atoms with Crippen LogP contribution in [-0.2, 0) is 4.79 Å². The summed E-state index contributed by atoms with van der Waals surface area (Å²) in [7, 11) is 0. The highest BCUT2D eigenvalue weighted by Crippen LogP contribution is 2.37. The lowest BCUT2D eigenvalue weighted by Gasteiger charge is -2.24. The molecule has 1 saturated carbocycles. The number of nitrogens with two attached hydrogens (primary N) is 1. The molecule has 1 heterocycles. The lowest BCUT2D eigenvalue weighted by Crippen LogP contribution is -2.39. The maximum Gasteiger partial charge on any atom is 0.225 e. The Labute approximate surface area is 123 Å². The van der Waals surface area contributed by atoms with Crippen molar-refractivity contribution in [2.75, 3.05) is 39.3 Å². The molecule has 2 rings (SSSR count). The van der Waals surface area contributed by atoms with Gasteiger partial charge in [-0.3, -0.25) is 4.79 Å². The zero-order valence-electron chi connectivity index (χ0n) is 13.0. The Morgan fingerprint density at radius 3 is 2.65 bits per heavy atom. The Morgan fingerprint density at radius 1 is 1.15 bits per heavy atom. The van der Waals surface area contributed by atoms with Gasteiger partial charge >= 0.3 is 0 Å². The summed E-state index contributed by atoms with van der Waals surface area (Å²) in [6, 6.07) is 0. The molecule has 4 nitrogen and oxygen atoms in total. The van der Waals surface area contributed by atoms with Crippen molar-refractivity contribution in [3.8, 4) is 0 Å². The van der Waals surface area contributed by atoms with Gasteiger partial charge < -0.3 is 15.5 Å². The third kappa shape index (κ3) is 4.74. The molecule has 1 aliphatic heterocycles. The van der Waals surface area contributed by atoms with Crippen molar-refractivity contribution in [2.24, 2.45) is 17.6 Å². The molecule has 0 aromatic carbocycles. The van der Waals surface area contributed by atoms with Crippen molar-refractivity contribution in [3.05, 3.63) is 0 Å². The van der Waals surface area contributed by atoms with Crippen LogP contribution in [-0.4, -0.2) is 55.0 Å². The molecule has 0 bridgehead atoms. The monoisotopic (exact) mass is 281 g/mol. The molecule has 116 valence electrons. The summed E-state index contributed by atoms with van der Waals surface area (Å²) in [5.74, 6) is 1.33. The van der Waals surface area contributed by atoms with Crippen molar-refractivity contribution >= 4 is 5.91 Å². The molecule has 1 saturated heterocycles. The van der Waals surface area contributed by atoms with E-state index in [1.807, 2.05) is 0 Å². The summed E-state index contributed by atoms with van der Waals surface area (Å²) in [5.41, 5.74) is 5.52. The van der Waals surface area contributed by atoms with Gasteiger partial charge in [0.25, 0.3) is 0 Å². The van der Waals surface area contributed by atoms with E-state index >= 15 is 0 Å². The van der Waals surface area contributed by atoms with Crippen LogP contribution in [0.3, 0.4) is 0 Å². The van der Waals surface area contributed by atoms with Crippen molar-refractivity contribution in [2.45, 2.75) is 45.4 Å². The summed E-state index contributed by atoms with van der Waals surface area (Å²) < 4.78 is 0. The smallest absolute Gasteiger partial charge is 0.225 e. The van der Waals surface area contributed by atoms with E-state index in [1.165, 1.54) is 32.2 Å². The second-order valence-corrected chi connectivity index (χ2v) is 6.50. The summed E-state index contributed by atoms with van der Waals surface area (Å²) in [6.07, 6.45) is 7.25. The van der Waals surface area contributed by atoms with Crippen LogP contribution in [0.25, 0.3) is 0 Å². The standard InChI is InChI=1S/C16H31N3O/c1-14(15-6-7-15)16(20)19-11-5-10-18(12-13-19)9-4-2-3-8-17/h14-15H,2-13,17H2,1H3. The van der Waals surface area contributed by atoms with Gasteiger partial charge in [0.15, 0.2) is 0 Å². The fourth-order valence-electron chi connectivity index (χ4n) is 3.16. The minimum atomic E-state index is 0.256. The van der Waals surface area contributed by atoms with Crippen LogP contribution in [0.1, 0.15) is 45.4 Å². The largest absolute Gasteiger partial charge is 0.341 e. The van der Waals surface area contributed by atoms with Gasteiger partial charge in [-0.1, -0.05) is 13.3 Å². The van der Waals surface area contributed by atoms with Crippen LogP contribution >= 0.6 is 0 Å². The van der Waals surface area contributed by atoms with Gasteiger partial charge in [-0.25, -0.2) is 0 Å². The average molecular weight is 281 g/mol. The Hall–Kier alpha value is -0.610. The zero-order valence-corrected chi connectivity index (χ0v) is 13.0. The lowest BCUT2D eigenvalue weighted by atomic mass is 10.0. The minimum Gasteiger partial charge on any atom is -0.341 e. The number of hydrogen-bond acceptors (Lipinski definition) is 3. The minimum absolute atomic E-state index is 0.256. The third-order valence-corrected chi connectivity index (χ3v) is 4.80. The van der Waals surface area contributed by atoms with Crippen LogP contribution in [0.4, 0.5) is 0 Å². The summed E-state index contributed by atoms with van der Waals surface area (Å²) in [4.78, 5) is 17.1. The highest BCUT2D eigenvalue weighted by Gasteiger charge is 2.35. The van der Waals surface area contributed by atoms with E-state index in [0.29, 0.717) is 11.8 Å². The van der Waals surface area contributed by atoms with Crippen LogP contribution in [0, 0.1) is 11.8 Å². The second-order valence-electron chi connectivity index (χ2n) is 6.50. The summed E-state index contributed by atoms with van der Waals surface area (Å²) >= 11 is 0. The number of amides is 1. The Bertz CT molecular complexity index is 304. The van der Waals surface area contributed by atoms with Crippen molar-refractivity contribution in [3.63, 3.8) is 0 Å². The molecule has 1 aliphatic carbocycles. The first-order valence-electron chi connectivity index (χ1n) is 8.43. The molecule has 1 atom stereocenters. The predicted octanol–water partition coefficient (Wildman–Crippen LogP) is 1.70. The van der Waals surface area contributed by atoms with Gasteiger partial charge in [0, 0.05) is 25.6 Å². The van der Waals surface area contributed by atoms with Crippen molar-refractivity contribution < 1.29 is 4.79 Å². The maximum absolute atomic E-state index is 12.4. The SMILES string of the molecule is CC(C(=O)N1CCCN(CCCCCN)CC1)C1CC1. The topological polar surface area (TPSA) is 49.6 Å². The molecule has 2 fully saturated rings. The number of unbranched alkanes of at least 4 members (excludes halogenated alkanes) is 2. The van der Waals surface area contributed by atoms with Crippen molar-refractivity contribution in [1.29, 1.82) is 0 Å². The van der Waals surface area contributed by atoms with Crippen LogP contribution < -0.4 is 5.73 Å². The molecule has 2 N–H and O–H groups in total. The first-order chi connectivity index (χ1) is 9.72. The number of rotatable bonds is 7. The molecule has 20 heavy (non-hydrogen) atoms. The van der Waals surface area contributed by atoms with Crippen LogP contribution in [0.2, 0.25) is 0 Å². The van der Waals surface area contributed by atoms with Gasteiger partial charge in [-0.05, 0) is 57.7 Å². The van der Waals surface area contributed by atoms with E-state index in [0.717, 1.165) is 45.6 Å². The van der Waals surface area contributed by atoms with E-state index < -0.39 is 0 Å². The van der Waals surface area contributed by atoms with E-state index in [-0.39, 0.29) is 5.92 Å². The molecular weight excluding hydrogens is 250 g/mol. The molecule has 4 heteroatoms. The molecule has 0 aromatic heterocycles. The van der Waals surface area contributed by atoms with E-state index in [1.54, 1.807) is 0 Å². The molecule has 2 aliphatic rings. The number of carbonyl (C=O) groups excluding carboxylic acids is 1. The van der Waals surface area contributed by atoms with Crippen LogP contribution in [0.5, 0.6) is 0 Å². The van der Waals surface area contributed by atoms with Crippen LogP contribution in [0.15, 0.2) is 0 Å². The first-order valence-corrected chi connectivity index (χ1v) is 8.43. The normalized spacial score (nSPS) is 22.6. The van der Waals surface area contributed by atoms with E-state index in [9.17, 15) is 4.79 Å². The predicted molar refractivity (Wildman–Crippen MR) is 82.4 cm³/mol. The second kappa shape index (κ2) is 7.99. The summed E-state index contributed by atoms with van der Waals surface area (Å²) in [6.45, 7) is 8.16. The molecule has 0 aromatic rings. The highest BCUT2D eigenvalue weighted by molar-refractivity contribution is 5.79. The Kier molecular flexibility index (Phi) is 6.30. The Morgan fingerprint density at radius 2 is 1.95 bits per heavy atom. The van der Waals surface area contributed by atoms with Gasteiger partial charge in [-0.2, -0.15) is 0 Å². The quantitative estimate of drug-likeness (QED) is 0.723. The Balaban J connectivity index is 1.69. The fourth-order valence-corrected chi connectivity index (χ4v) is 3.16. The highest BCUT2D eigenvalue weighted by atomic mass is 16.2. The van der Waals surface area contributed by atoms with Gasteiger partial charge in [0.2, 0.25) is 5.91 Å². The number of carbonyl (C=O) groups is 1. The fraction of sp³-hybridized carbons (Fsp3) is 0.938. The van der Waals surface area contributed by atoms with Gasteiger partial charge in [0.1, 0.15) is 0 Å². The van der Waals surface area contributed by atoms with E-state index in [2.05, 4.69) is 16.7 Å². The summed E-state index contributed by atoms with van der Waals surface area (Å²) in [5, 5.41) is 0. The average Bonchev–Trinajstić information content (AvgIpc) is 3.28. The lowest BCUT2D eigenvalue weighted by molar-refractivity contribution is -0.135.